The van der Waals surface area contributed by atoms with Crippen LogP contribution in [-0.4, -0.2) is 69.6 Å². The zero-order chi connectivity index (χ0) is 32.2. The number of nitrogens with one attached hydrogen (secondary N) is 4. The summed E-state index contributed by atoms with van der Waals surface area (Å²) < 4.78 is 0. The highest BCUT2D eigenvalue weighted by molar-refractivity contribution is 5.94. The topological polar surface area (TPSA) is 213 Å². The number of aliphatic carboxylic acids is 1. The third-order valence-corrected chi connectivity index (χ3v) is 7.82. The average molecular weight is 609 g/mol. The van der Waals surface area contributed by atoms with E-state index in [1.807, 2.05) is 31.2 Å². The summed E-state index contributed by atoms with van der Waals surface area (Å²) in [6, 6.07) is 9.51. The van der Waals surface area contributed by atoms with Crippen LogP contribution in [0.1, 0.15) is 50.7 Å². The largest absolute Gasteiger partial charge is 0.508 e. The summed E-state index contributed by atoms with van der Waals surface area (Å²) in [5.41, 5.74) is 14.3. The molecule has 0 aliphatic carbocycles. The number of hydrogen-bond acceptors (Lipinski definition) is 7. The Kier molecular flexibility index (Phi) is 12.7. The van der Waals surface area contributed by atoms with Crippen LogP contribution in [0.4, 0.5) is 0 Å². The number of amides is 3. The van der Waals surface area contributed by atoms with Gasteiger partial charge in [0, 0.05) is 23.5 Å². The number of unbranched alkanes of at least 4 members (excludes halogenated alkanes) is 1. The van der Waals surface area contributed by atoms with Crippen molar-refractivity contribution < 1.29 is 29.4 Å². The number of hydrogen-bond donors (Lipinski definition) is 8. The van der Waals surface area contributed by atoms with Crippen molar-refractivity contribution >= 4 is 34.6 Å². The maximum Gasteiger partial charge on any atom is 0.326 e. The van der Waals surface area contributed by atoms with Crippen LogP contribution in [0.2, 0.25) is 0 Å². The van der Waals surface area contributed by atoms with Crippen LogP contribution in [-0.2, 0) is 32.0 Å². The van der Waals surface area contributed by atoms with E-state index in [-0.39, 0.29) is 30.9 Å². The van der Waals surface area contributed by atoms with Gasteiger partial charge in [-0.25, -0.2) is 4.79 Å². The number of para-hydroxylation sites is 1. The summed E-state index contributed by atoms with van der Waals surface area (Å²) in [7, 11) is 0. The number of H-pyrrole nitrogens is 1. The predicted molar refractivity (Wildman–Crippen MR) is 168 cm³/mol. The smallest absolute Gasteiger partial charge is 0.326 e. The lowest BCUT2D eigenvalue weighted by Gasteiger charge is -2.27. The molecule has 12 nitrogen and oxygen atoms in total. The van der Waals surface area contributed by atoms with Crippen LogP contribution in [0.15, 0.2) is 54.7 Å². The van der Waals surface area contributed by atoms with Gasteiger partial charge in [0.2, 0.25) is 17.7 Å². The Balaban J connectivity index is 1.78. The van der Waals surface area contributed by atoms with Crippen molar-refractivity contribution in [2.45, 2.75) is 76.5 Å². The lowest BCUT2D eigenvalue weighted by atomic mass is 9.98. The van der Waals surface area contributed by atoms with Gasteiger partial charge >= 0.3 is 5.97 Å². The summed E-state index contributed by atoms with van der Waals surface area (Å²) in [5.74, 6) is -3.31. The van der Waals surface area contributed by atoms with Gasteiger partial charge in [0.15, 0.2) is 0 Å². The van der Waals surface area contributed by atoms with Gasteiger partial charge in [-0.1, -0.05) is 50.6 Å². The third kappa shape index (κ3) is 9.55. The van der Waals surface area contributed by atoms with E-state index in [9.17, 15) is 29.4 Å². The Bertz CT molecular complexity index is 1410. The van der Waals surface area contributed by atoms with E-state index in [2.05, 4.69) is 20.9 Å². The maximum atomic E-state index is 13.6. The summed E-state index contributed by atoms with van der Waals surface area (Å²) in [6.07, 6.45) is 4.00. The Morgan fingerprint density at radius 2 is 1.55 bits per heavy atom. The van der Waals surface area contributed by atoms with Gasteiger partial charge < -0.3 is 42.6 Å². The standard InChI is InChI=1S/C32H44N6O6/c1-3-19(2)28(32(43)44)38-31(42)27(16-20-11-13-22(39)14-12-20)37-30(41)26(10-6-7-15-33)36-29(40)24(34)17-21-18-35-25-9-5-4-8-23(21)25/h4-5,8-9,11-14,18-19,24,26-28,35,39H,3,6-7,10,15-17,33-34H2,1-2H3,(H,36,40)(H,37,41)(H,38,42)(H,43,44). The van der Waals surface area contributed by atoms with Crippen LogP contribution < -0.4 is 27.4 Å². The summed E-state index contributed by atoms with van der Waals surface area (Å²) in [6.45, 7) is 3.94. The third-order valence-electron chi connectivity index (χ3n) is 7.82. The van der Waals surface area contributed by atoms with Crippen molar-refractivity contribution in [2.75, 3.05) is 6.54 Å². The SMILES string of the molecule is CCC(C)C(NC(=O)C(Cc1ccc(O)cc1)NC(=O)C(CCCCN)NC(=O)C(N)Cc1c[nH]c2ccccc12)C(=O)O. The summed E-state index contributed by atoms with van der Waals surface area (Å²) in [4.78, 5) is 55.3. The molecule has 3 amide bonds. The molecule has 3 rings (SSSR count). The molecule has 44 heavy (non-hydrogen) atoms. The van der Waals surface area contributed by atoms with Gasteiger partial charge in [-0.05, 0) is 67.5 Å². The van der Waals surface area contributed by atoms with Crippen LogP contribution in [0.25, 0.3) is 10.9 Å². The van der Waals surface area contributed by atoms with Crippen molar-refractivity contribution in [3.8, 4) is 5.75 Å². The van der Waals surface area contributed by atoms with Crippen molar-refractivity contribution in [1.29, 1.82) is 0 Å². The van der Waals surface area contributed by atoms with Crippen molar-refractivity contribution in [3.63, 3.8) is 0 Å². The number of nitrogens with two attached hydrogens (primary N) is 2. The van der Waals surface area contributed by atoms with E-state index in [0.717, 1.165) is 16.5 Å². The number of carbonyl (C=O) groups is 4. The molecule has 5 unspecified atom stereocenters. The average Bonchev–Trinajstić information content (AvgIpc) is 3.41. The van der Waals surface area contributed by atoms with Gasteiger partial charge in [0.1, 0.15) is 23.9 Å². The highest BCUT2D eigenvalue weighted by Gasteiger charge is 2.32. The number of rotatable bonds is 17. The number of fused-ring (bicyclic) bond motifs is 1. The van der Waals surface area contributed by atoms with Gasteiger partial charge in [0.25, 0.3) is 0 Å². The molecule has 0 saturated carbocycles. The molecule has 0 fully saturated rings. The second kappa shape index (κ2) is 16.4. The molecule has 0 radical (unpaired) electrons. The molecule has 10 N–H and O–H groups in total. The fourth-order valence-corrected chi connectivity index (χ4v) is 4.96. The van der Waals surface area contributed by atoms with Gasteiger partial charge in [-0.15, -0.1) is 0 Å². The number of phenols is 1. The maximum absolute atomic E-state index is 13.6. The first-order valence-electron chi connectivity index (χ1n) is 15.0. The van der Waals surface area contributed by atoms with E-state index in [4.69, 9.17) is 11.5 Å². The Morgan fingerprint density at radius 1 is 0.886 bits per heavy atom. The highest BCUT2D eigenvalue weighted by Crippen LogP contribution is 2.19. The van der Waals surface area contributed by atoms with E-state index >= 15 is 0 Å². The monoisotopic (exact) mass is 608 g/mol. The number of benzene rings is 2. The number of aromatic nitrogens is 1. The Hall–Kier alpha value is -4.42. The molecule has 0 saturated heterocycles. The number of carboxylic acid groups (broad SMARTS) is 1. The molecule has 1 aromatic heterocycles. The minimum atomic E-state index is -1.18. The fourth-order valence-electron chi connectivity index (χ4n) is 4.96. The van der Waals surface area contributed by atoms with Gasteiger partial charge in [-0.2, -0.15) is 0 Å². The summed E-state index contributed by atoms with van der Waals surface area (Å²) in [5, 5.41) is 28.4. The zero-order valence-electron chi connectivity index (χ0n) is 25.2. The first kappa shape index (κ1) is 34.1. The first-order chi connectivity index (χ1) is 21.0. The minimum absolute atomic E-state index is 0.0221. The lowest BCUT2D eigenvalue weighted by Crippen LogP contribution is -2.58. The van der Waals surface area contributed by atoms with Gasteiger partial charge in [-0.3, -0.25) is 14.4 Å². The molecule has 238 valence electrons. The Morgan fingerprint density at radius 3 is 2.20 bits per heavy atom. The molecule has 5 atom stereocenters. The quantitative estimate of drug-likeness (QED) is 0.105. The minimum Gasteiger partial charge on any atom is -0.508 e. The lowest BCUT2D eigenvalue weighted by molar-refractivity contribution is -0.143. The van der Waals surface area contributed by atoms with Crippen LogP contribution >= 0.6 is 0 Å². The molecular weight excluding hydrogens is 564 g/mol. The molecule has 0 aliphatic rings. The zero-order valence-corrected chi connectivity index (χ0v) is 25.2. The van der Waals surface area contributed by atoms with Crippen LogP contribution in [0.3, 0.4) is 0 Å². The van der Waals surface area contributed by atoms with Crippen LogP contribution in [0, 0.1) is 5.92 Å². The molecule has 0 spiro atoms. The number of phenolic OH excluding ortho intramolecular Hbond substituents is 1. The van der Waals surface area contributed by atoms with E-state index < -0.39 is 47.9 Å². The Labute approximate surface area is 257 Å². The number of aromatic hydroxyl groups is 1. The van der Waals surface area contributed by atoms with E-state index in [1.54, 1.807) is 25.3 Å². The second-order valence-corrected chi connectivity index (χ2v) is 11.2. The van der Waals surface area contributed by atoms with E-state index in [0.29, 0.717) is 31.4 Å². The van der Waals surface area contributed by atoms with Crippen molar-refractivity contribution in [1.82, 2.24) is 20.9 Å². The molecule has 3 aromatic rings. The first-order valence-corrected chi connectivity index (χ1v) is 15.0. The molecule has 0 aliphatic heterocycles. The molecule has 2 aromatic carbocycles. The number of aromatic amines is 1. The molecule has 0 bridgehead atoms. The highest BCUT2D eigenvalue weighted by atomic mass is 16.4. The van der Waals surface area contributed by atoms with Crippen LogP contribution in [0.5, 0.6) is 5.75 Å². The van der Waals surface area contributed by atoms with Crippen molar-refractivity contribution in [2.24, 2.45) is 17.4 Å². The number of carbonyl (C=O) groups excluding carboxylic acids is 3. The summed E-state index contributed by atoms with van der Waals surface area (Å²) >= 11 is 0. The van der Waals surface area contributed by atoms with E-state index in [1.165, 1.54) is 12.1 Å². The number of carboxylic acids is 1. The van der Waals surface area contributed by atoms with Crippen molar-refractivity contribution in [3.05, 3.63) is 65.9 Å². The van der Waals surface area contributed by atoms with Gasteiger partial charge in [0.05, 0.1) is 6.04 Å². The second-order valence-electron chi connectivity index (χ2n) is 11.2. The fraction of sp³-hybridized carbons (Fsp3) is 0.438. The molecule has 12 heteroatoms. The normalized spacial score (nSPS) is 14.6. The molecule has 1 heterocycles. The molecular formula is C32H44N6O6. The predicted octanol–water partition coefficient (Wildman–Crippen LogP) is 1.70.